The van der Waals surface area contributed by atoms with E-state index in [1.54, 1.807) is 13.8 Å². The zero-order valence-electron chi connectivity index (χ0n) is 12.0. The first kappa shape index (κ1) is 14.5. The van der Waals surface area contributed by atoms with Crippen molar-refractivity contribution in [1.82, 2.24) is 9.55 Å². The van der Waals surface area contributed by atoms with Gasteiger partial charge in [0.1, 0.15) is 24.6 Å². The smallest absolute Gasteiger partial charge is 0.224 e. The summed E-state index contributed by atoms with van der Waals surface area (Å²) >= 11 is 0. The van der Waals surface area contributed by atoms with Crippen molar-refractivity contribution in [3.05, 3.63) is 12.0 Å². The van der Waals surface area contributed by atoms with E-state index in [0.717, 1.165) is 0 Å². The van der Waals surface area contributed by atoms with Crippen molar-refractivity contribution in [2.24, 2.45) is 0 Å². The van der Waals surface area contributed by atoms with Crippen LogP contribution in [0, 0.1) is 0 Å². The minimum Gasteiger partial charge on any atom is -0.493 e. The number of nitrogens with zero attached hydrogens (tertiary/aromatic N) is 2. The predicted molar refractivity (Wildman–Crippen MR) is 68.7 cm³/mol. The van der Waals surface area contributed by atoms with E-state index in [1.165, 1.54) is 17.8 Å². The van der Waals surface area contributed by atoms with Gasteiger partial charge in [0, 0.05) is 6.92 Å². The normalized spacial score (nSPS) is 34.1. The average molecular weight is 298 g/mol. The number of aromatic hydroxyl groups is 1. The molecule has 3 heterocycles. The number of hydrogen-bond donors (Lipinski definition) is 2. The molecule has 2 aliphatic heterocycles. The summed E-state index contributed by atoms with van der Waals surface area (Å²) in [5, 5.41) is 19.5. The van der Waals surface area contributed by atoms with E-state index in [2.05, 4.69) is 4.98 Å². The molecule has 8 heteroatoms. The lowest BCUT2D eigenvalue weighted by molar-refractivity contribution is -0.200. The Bertz CT molecular complexity index is 569. The first-order valence-corrected chi connectivity index (χ1v) is 6.73. The second kappa shape index (κ2) is 4.77. The number of imidazole rings is 1. The highest BCUT2D eigenvalue weighted by Crippen LogP contribution is 2.44. The van der Waals surface area contributed by atoms with Crippen LogP contribution in [0.3, 0.4) is 0 Å². The summed E-state index contributed by atoms with van der Waals surface area (Å²) < 4.78 is 18.5. The number of aliphatic hydroxyl groups is 1. The van der Waals surface area contributed by atoms with Gasteiger partial charge in [-0.2, -0.15) is 0 Å². The molecule has 2 saturated heterocycles. The maximum absolute atomic E-state index is 11.4. The van der Waals surface area contributed by atoms with Gasteiger partial charge < -0.3 is 24.4 Å². The van der Waals surface area contributed by atoms with Crippen molar-refractivity contribution >= 4 is 5.78 Å². The molecule has 1 aromatic heterocycles. The van der Waals surface area contributed by atoms with Crippen molar-refractivity contribution in [3.63, 3.8) is 0 Å². The van der Waals surface area contributed by atoms with Gasteiger partial charge in [-0.05, 0) is 13.8 Å². The minimum atomic E-state index is -0.801. The second-order valence-corrected chi connectivity index (χ2v) is 5.69. The predicted octanol–water partition coefficient (Wildman–Crippen LogP) is 0.201. The fraction of sp³-hybridized carbons (Fsp3) is 0.692. The highest BCUT2D eigenvalue weighted by atomic mass is 16.8. The van der Waals surface area contributed by atoms with Gasteiger partial charge in [-0.15, -0.1) is 0 Å². The van der Waals surface area contributed by atoms with Crippen LogP contribution in [0.5, 0.6) is 5.88 Å². The molecule has 0 amide bonds. The molecular weight excluding hydrogens is 280 g/mol. The van der Waals surface area contributed by atoms with Crippen molar-refractivity contribution in [1.29, 1.82) is 0 Å². The summed E-state index contributed by atoms with van der Waals surface area (Å²) in [5.74, 6) is -1.42. The van der Waals surface area contributed by atoms with Gasteiger partial charge in [0.15, 0.2) is 23.5 Å². The third kappa shape index (κ3) is 2.24. The standard InChI is InChI=1S/C13H18N2O6/c1-6(17)8-11(18)15(5-14-8)12-10-9(7(4-16)19-12)20-13(2,3)21-10/h5,7,9-10,12,16,18H,4H2,1-3H3/t7-,9-,10-,12-/m1/s1. The third-order valence-electron chi connectivity index (χ3n) is 3.68. The molecule has 0 saturated carbocycles. The quantitative estimate of drug-likeness (QED) is 0.768. The van der Waals surface area contributed by atoms with Crippen LogP contribution >= 0.6 is 0 Å². The van der Waals surface area contributed by atoms with Gasteiger partial charge in [-0.3, -0.25) is 9.36 Å². The average Bonchev–Trinajstić information content (AvgIpc) is 3.00. The lowest BCUT2D eigenvalue weighted by atomic mass is 10.1. The van der Waals surface area contributed by atoms with Gasteiger partial charge >= 0.3 is 0 Å². The maximum Gasteiger partial charge on any atom is 0.224 e. The molecule has 3 rings (SSSR count). The van der Waals surface area contributed by atoms with E-state index in [1.807, 2.05) is 0 Å². The number of rotatable bonds is 3. The second-order valence-electron chi connectivity index (χ2n) is 5.69. The van der Waals surface area contributed by atoms with E-state index in [9.17, 15) is 15.0 Å². The number of hydrogen-bond acceptors (Lipinski definition) is 7. The number of Topliss-reactive ketones (excluding diaryl/α,β-unsaturated/α-hetero) is 1. The van der Waals surface area contributed by atoms with Crippen LogP contribution < -0.4 is 0 Å². The highest BCUT2D eigenvalue weighted by molar-refractivity contribution is 5.94. The van der Waals surface area contributed by atoms with Crippen molar-refractivity contribution in [3.8, 4) is 5.88 Å². The molecule has 2 aliphatic rings. The fourth-order valence-electron chi connectivity index (χ4n) is 2.82. The molecule has 0 spiro atoms. The molecule has 1 aromatic rings. The number of carbonyl (C=O) groups is 1. The molecule has 0 bridgehead atoms. The van der Waals surface area contributed by atoms with Crippen LogP contribution in [0.25, 0.3) is 0 Å². The number of aromatic nitrogens is 2. The van der Waals surface area contributed by atoms with Crippen LogP contribution in [-0.2, 0) is 14.2 Å². The molecule has 2 fully saturated rings. The lowest BCUT2D eigenvalue weighted by Crippen LogP contribution is -2.31. The zero-order valence-corrected chi connectivity index (χ0v) is 12.0. The SMILES string of the molecule is CC(=O)c1ncn([C@@H]2O[C@H](CO)[C@H]3OC(C)(C)O[C@H]32)c1O. The summed E-state index contributed by atoms with van der Waals surface area (Å²) in [6, 6.07) is 0. The Labute approximate surface area is 121 Å². The number of fused-ring (bicyclic) bond motifs is 1. The van der Waals surface area contributed by atoms with Crippen LogP contribution in [-0.4, -0.2) is 56.3 Å². The highest BCUT2D eigenvalue weighted by Gasteiger charge is 2.56. The largest absolute Gasteiger partial charge is 0.493 e. The third-order valence-corrected chi connectivity index (χ3v) is 3.68. The Morgan fingerprint density at radius 1 is 1.43 bits per heavy atom. The molecule has 0 unspecified atom stereocenters. The Morgan fingerprint density at radius 2 is 2.10 bits per heavy atom. The zero-order chi connectivity index (χ0) is 15.4. The van der Waals surface area contributed by atoms with Crippen LogP contribution in [0.1, 0.15) is 37.5 Å². The maximum atomic E-state index is 11.4. The molecule has 2 N–H and O–H groups in total. The lowest BCUT2D eigenvalue weighted by Gasteiger charge is -2.24. The van der Waals surface area contributed by atoms with Gasteiger partial charge in [0.05, 0.1) is 6.61 Å². The fourth-order valence-corrected chi connectivity index (χ4v) is 2.82. The summed E-state index contributed by atoms with van der Waals surface area (Å²) in [5.41, 5.74) is -0.0271. The van der Waals surface area contributed by atoms with E-state index < -0.39 is 30.3 Å². The molecule has 0 aromatic carbocycles. The molecule has 116 valence electrons. The van der Waals surface area contributed by atoms with Gasteiger partial charge in [-0.1, -0.05) is 0 Å². The summed E-state index contributed by atoms with van der Waals surface area (Å²) in [6.45, 7) is 4.63. The topological polar surface area (TPSA) is 103 Å². The molecule has 21 heavy (non-hydrogen) atoms. The van der Waals surface area contributed by atoms with E-state index in [0.29, 0.717) is 0 Å². The number of carbonyl (C=O) groups excluding carboxylic acids is 1. The number of ketones is 1. The first-order chi connectivity index (χ1) is 9.84. The van der Waals surface area contributed by atoms with Gasteiger partial charge in [0.25, 0.3) is 0 Å². The molecule has 0 radical (unpaired) electrons. The molecule has 0 aliphatic carbocycles. The Kier molecular flexibility index (Phi) is 3.28. The van der Waals surface area contributed by atoms with E-state index >= 15 is 0 Å². The van der Waals surface area contributed by atoms with Crippen molar-refractivity contribution in [2.75, 3.05) is 6.61 Å². The molecular formula is C13H18N2O6. The molecule has 4 atom stereocenters. The summed E-state index contributed by atoms with van der Waals surface area (Å²) in [6.07, 6.45) is -0.907. The van der Waals surface area contributed by atoms with Crippen molar-refractivity contribution < 1.29 is 29.2 Å². The minimum absolute atomic E-state index is 0.0271. The van der Waals surface area contributed by atoms with Gasteiger partial charge in [-0.25, -0.2) is 4.98 Å². The Hall–Kier alpha value is -1.48. The Balaban J connectivity index is 1.94. The van der Waals surface area contributed by atoms with Gasteiger partial charge in [0.2, 0.25) is 5.88 Å². The van der Waals surface area contributed by atoms with Crippen LogP contribution in [0.2, 0.25) is 0 Å². The van der Waals surface area contributed by atoms with Crippen molar-refractivity contribution in [2.45, 2.75) is 51.1 Å². The Morgan fingerprint density at radius 3 is 2.67 bits per heavy atom. The number of ether oxygens (including phenoxy) is 3. The first-order valence-electron chi connectivity index (χ1n) is 6.73. The molecule has 8 nitrogen and oxygen atoms in total. The summed E-state index contributed by atoms with van der Waals surface area (Å²) in [7, 11) is 0. The van der Waals surface area contributed by atoms with E-state index in [-0.39, 0.29) is 24.0 Å². The van der Waals surface area contributed by atoms with Crippen LogP contribution in [0.15, 0.2) is 6.33 Å². The van der Waals surface area contributed by atoms with Crippen LogP contribution in [0.4, 0.5) is 0 Å². The van der Waals surface area contributed by atoms with E-state index in [4.69, 9.17) is 14.2 Å². The number of aliphatic hydroxyl groups excluding tert-OH is 1. The monoisotopic (exact) mass is 298 g/mol. The summed E-state index contributed by atoms with van der Waals surface area (Å²) in [4.78, 5) is 15.3.